The predicted molar refractivity (Wildman–Crippen MR) is 89.1 cm³/mol. The van der Waals surface area contributed by atoms with Gasteiger partial charge in [-0.15, -0.1) is 0 Å². The summed E-state index contributed by atoms with van der Waals surface area (Å²) in [6.45, 7) is 10.6. The first kappa shape index (κ1) is 16.9. The molecule has 0 spiro atoms. The number of rotatable bonds is 2. The second-order valence-corrected chi connectivity index (χ2v) is 7.58. The molecule has 0 aliphatic carbocycles. The first-order valence-corrected chi connectivity index (χ1v) is 8.14. The third-order valence-corrected chi connectivity index (χ3v) is 4.79. The van der Waals surface area contributed by atoms with E-state index in [2.05, 4.69) is 37.9 Å². The van der Waals surface area contributed by atoms with Gasteiger partial charge in [-0.2, -0.15) is 0 Å². The van der Waals surface area contributed by atoms with E-state index in [4.69, 9.17) is 23.2 Å². The van der Waals surface area contributed by atoms with Crippen molar-refractivity contribution in [2.45, 2.75) is 46.2 Å². The van der Waals surface area contributed by atoms with Gasteiger partial charge in [0.25, 0.3) is 0 Å². The Bertz CT molecular complexity index is 490. The second-order valence-electron chi connectivity index (χ2n) is 6.76. The van der Waals surface area contributed by atoms with Crippen LogP contribution in [0.1, 0.15) is 34.1 Å². The number of anilines is 1. The molecule has 1 N–H and O–H groups in total. The summed E-state index contributed by atoms with van der Waals surface area (Å²) >= 11 is 11.9. The minimum absolute atomic E-state index is 0.0817. The van der Waals surface area contributed by atoms with Gasteiger partial charge in [-0.1, -0.05) is 50.9 Å². The number of nitrogens with zero attached hydrogens (tertiary/aromatic N) is 1. The summed E-state index contributed by atoms with van der Waals surface area (Å²) in [6, 6.07) is 4.08. The lowest BCUT2D eigenvalue weighted by atomic mass is 9.84. The number of nitrogens with one attached hydrogen (secondary N) is 1. The number of halogens is 3. The van der Waals surface area contributed by atoms with Crippen molar-refractivity contribution in [3.63, 3.8) is 0 Å². The molecule has 2 atom stereocenters. The zero-order valence-corrected chi connectivity index (χ0v) is 14.5. The third kappa shape index (κ3) is 3.64. The average Bonchev–Trinajstić information content (AvgIpc) is 2.42. The molecule has 2 rings (SSSR count). The van der Waals surface area contributed by atoms with Crippen LogP contribution < -0.4 is 10.2 Å². The first-order chi connectivity index (χ1) is 9.74. The van der Waals surface area contributed by atoms with Crippen molar-refractivity contribution in [3.05, 3.63) is 28.0 Å². The number of hydrogen-bond donors (Lipinski definition) is 1. The zero-order chi connectivity index (χ0) is 15.8. The van der Waals surface area contributed by atoms with Crippen molar-refractivity contribution < 1.29 is 4.39 Å². The van der Waals surface area contributed by atoms with E-state index in [0.29, 0.717) is 12.1 Å². The summed E-state index contributed by atoms with van der Waals surface area (Å²) in [5.41, 5.74) is 1.05. The fraction of sp³-hybridized carbons (Fsp3) is 0.625. The van der Waals surface area contributed by atoms with Crippen LogP contribution >= 0.6 is 23.2 Å². The molecule has 0 amide bonds. The molecule has 0 aromatic heterocycles. The van der Waals surface area contributed by atoms with E-state index in [1.54, 1.807) is 12.1 Å². The maximum absolute atomic E-state index is 13.6. The molecule has 0 saturated carbocycles. The van der Waals surface area contributed by atoms with Gasteiger partial charge in [-0.05, 0) is 24.0 Å². The van der Waals surface area contributed by atoms with E-state index in [1.165, 1.54) is 0 Å². The van der Waals surface area contributed by atoms with Gasteiger partial charge in [0, 0.05) is 30.9 Å². The van der Waals surface area contributed by atoms with Crippen molar-refractivity contribution in [2.24, 2.45) is 5.41 Å². The maximum Gasteiger partial charge on any atom is 0.160 e. The van der Waals surface area contributed by atoms with Gasteiger partial charge in [0.1, 0.15) is 0 Å². The monoisotopic (exact) mass is 332 g/mol. The van der Waals surface area contributed by atoms with E-state index in [1.807, 2.05) is 0 Å². The Morgan fingerprint density at radius 3 is 2.33 bits per heavy atom. The minimum atomic E-state index is -0.544. The summed E-state index contributed by atoms with van der Waals surface area (Å²) in [6.07, 6.45) is 1.01. The highest BCUT2D eigenvalue weighted by Gasteiger charge is 2.33. The predicted octanol–water partition coefficient (Wildman–Crippen LogP) is 4.74. The Hall–Kier alpha value is -0.510. The quantitative estimate of drug-likeness (QED) is 0.787. The summed E-state index contributed by atoms with van der Waals surface area (Å²) < 4.78 is 13.6. The lowest BCUT2D eigenvalue weighted by molar-refractivity contribution is 0.233. The lowest BCUT2D eigenvalue weighted by Crippen LogP contribution is -2.60. The highest BCUT2D eigenvalue weighted by Crippen LogP contribution is 2.33. The van der Waals surface area contributed by atoms with E-state index < -0.39 is 5.82 Å². The number of piperazine rings is 1. The van der Waals surface area contributed by atoms with Crippen LogP contribution in [0.25, 0.3) is 0 Å². The number of hydrogen-bond acceptors (Lipinski definition) is 2. The van der Waals surface area contributed by atoms with Crippen LogP contribution in [-0.2, 0) is 0 Å². The van der Waals surface area contributed by atoms with Gasteiger partial charge < -0.3 is 10.2 Å². The van der Waals surface area contributed by atoms with E-state index >= 15 is 0 Å². The van der Waals surface area contributed by atoms with Gasteiger partial charge >= 0.3 is 0 Å². The Morgan fingerprint density at radius 2 is 1.86 bits per heavy atom. The van der Waals surface area contributed by atoms with Gasteiger partial charge in [-0.3, -0.25) is 0 Å². The smallest absolute Gasteiger partial charge is 0.160 e. The van der Waals surface area contributed by atoms with Crippen LogP contribution in [0.5, 0.6) is 0 Å². The lowest BCUT2D eigenvalue weighted by Gasteiger charge is -2.46. The molecule has 1 aromatic carbocycles. The molecule has 0 radical (unpaired) electrons. The van der Waals surface area contributed by atoms with Crippen LogP contribution in [0.2, 0.25) is 10.0 Å². The maximum atomic E-state index is 13.6. The molecule has 2 unspecified atom stereocenters. The number of benzene rings is 1. The fourth-order valence-corrected chi connectivity index (χ4v) is 3.24. The Labute approximate surface area is 136 Å². The molecule has 5 heteroatoms. The minimum Gasteiger partial charge on any atom is -0.366 e. The van der Waals surface area contributed by atoms with Gasteiger partial charge in [-0.25, -0.2) is 4.39 Å². The SMILES string of the molecule is CCC1CNC(C(C)(C)C)CN1c1cc(Cl)c(F)c(Cl)c1. The topological polar surface area (TPSA) is 15.3 Å². The molecule has 2 nitrogen and oxygen atoms in total. The molecule has 21 heavy (non-hydrogen) atoms. The Balaban J connectivity index is 2.33. The van der Waals surface area contributed by atoms with Crippen LogP contribution in [-0.4, -0.2) is 25.2 Å². The van der Waals surface area contributed by atoms with E-state index in [-0.39, 0.29) is 15.5 Å². The zero-order valence-electron chi connectivity index (χ0n) is 13.0. The molecule has 1 fully saturated rings. The fourth-order valence-electron chi connectivity index (χ4n) is 2.77. The molecule has 1 aromatic rings. The molecule has 118 valence electrons. The summed E-state index contributed by atoms with van der Waals surface area (Å²) in [4.78, 5) is 2.30. The molecular formula is C16H23Cl2FN2. The highest BCUT2D eigenvalue weighted by atomic mass is 35.5. The van der Waals surface area contributed by atoms with Crippen LogP contribution in [0.3, 0.4) is 0 Å². The second kappa shape index (κ2) is 6.31. The molecule has 1 saturated heterocycles. The van der Waals surface area contributed by atoms with Gasteiger partial charge in [0.2, 0.25) is 0 Å². The van der Waals surface area contributed by atoms with Crippen molar-refractivity contribution in [1.29, 1.82) is 0 Å². The Morgan fingerprint density at radius 1 is 1.29 bits per heavy atom. The molecule has 1 aliphatic heterocycles. The summed E-state index contributed by atoms with van der Waals surface area (Å²) in [5, 5.41) is 3.78. The molecular weight excluding hydrogens is 310 g/mol. The van der Waals surface area contributed by atoms with Gasteiger partial charge in [0.15, 0.2) is 5.82 Å². The Kier molecular flexibility index (Phi) is 5.07. The van der Waals surface area contributed by atoms with Crippen molar-refractivity contribution in [3.8, 4) is 0 Å². The standard InChI is InChI=1S/C16H23Cl2FN2/c1-5-10-8-20-14(16(2,3)4)9-21(10)11-6-12(17)15(19)13(18)7-11/h6-7,10,14,20H,5,8-9H2,1-4H3. The molecule has 1 heterocycles. The molecule has 1 aliphatic rings. The van der Waals surface area contributed by atoms with E-state index in [9.17, 15) is 4.39 Å². The highest BCUT2D eigenvalue weighted by molar-refractivity contribution is 6.35. The largest absolute Gasteiger partial charge is 0.366 e. The van der Waals surface area contributed by atoms with Crippen LogP contribution in [0.4, 0.5) is 10.1 Å². The average molecular weight is 333 g/mol. The summed E-state index contributed by atoms with van der Waals surface area (Å²) in [5.74, 6) is -0.544. The third-order valence-electron chi connectivity index (χ3n) is 4.24. The van der Waals surface area contributed by atoms with E-state index in [0.717, 1.165) is 25.2 Å². The molecule has 0 bridgehead atoms. The van der Waals surface area contributed by atoms with Crippen LogP contribution in [0.15, 0.2) is 12.1 Å². The first-order valence-electron chi connectivity index (χ1n) is 7.38. The summed E-state index contributed by atoms with van der Waals surface area (Å²) in [7, 11) is 0. The van der Waals surface area contributed by atoms with Gasteiger partial charge in [0.05, 0.1) is 10.0 Å². The van der Waals surface area contributed by atoms with Crippen LogP contribution in [0, 0.1) is 11.2 Å². The van der Waals surface area contributed by atoms with Crippen molar-refractivity contribution in [1.82, 2.24) is 5.32 Å². The van der Waals surface area contributed by atoms with Crippen molar-refractivity contribution in [2.75, 3.05) is 18.0 Å². The van der Waals surface area contributed by atoms with Crippen molar-refractivity contribution >= 4 is 28.9 Å². The normalized spacial score (nSPS) is 23.5.